The minimum Gasteiger partial charge on any atom is -0.368 e. The Hall–Kier alpha value is -2.70. The molecule has 30 heavy (non-hydrogen) atoms. The summed E-state index contributed by atoms with van der Waals surface area (Å²) in [5.41, 5.74) is 3.23. The maximum absolute atomic E-state index is 12.5. The highest BCUT2D eigenvalue weighted by atomic mass is 16.5. The van der Waals surface area contributed by atoms with E-state index in [1.807, 2.05) is 30.6 Å². The van der Waals surface area contributed by atoms with Crippen LogP contribution in [0.1, 0.15) is 18.9 Å². The van der Waals surface area contributed by atoms with Crippen LogP contribution in [-0.4, -0.2) is 61.2 Å². The smallest absolute Gasteiger partial charge is 0.253 e. The molecule has 0 saturated carbocycles. The van der Waals surface area contributed by atoms with Gasteiger partial charge in [-0.15, -0.1) is 6.58 Å². The number of carbonyl (C=O) groups is 1. The highest BCUT2D eigenvalue weighted by Gasteiger charge is 2.21. The van der Waals surface area contributed by atoms with Crippen molar-refractivity contribution in [1.82, 2.24) is 9.88 Å². The van der Waals surface area contributed by atoms with E-state index in [4.69, 9.17) is 4.74 Å². The minimum absolute atomic E-state index is 0.123. The van der Waals surface area contributed by atoms with Gasteiger partial charge in [-0.25, -0.2) is 0 Å². The minimum atomic E-state index is -0.497. The van der Waals surface area contributed by atoms with E-state index in [2.05, 4.69) is 44.9 Å². The lowest BCUT2D eigenvalue weighted by molar-refractivity contribution is -0.126. The number of hydrogen-bond donors (Lipinski definition) is 1. The maximum Gasteiger partial charge on any atom is 0.253 e. The van der Waals surface area contributed by atoms with Crippen molar-refractivity contribution in [3.8, 4) is 0 Å². The summed E-state index contributed by atoms with van der Waals surface area (Å²) in [4.78, 5) is 21.4. The third kappa shape index (κ3) is 6.40. The molecule has 2 heterocycles. The van der Waals surface area contributed by atoms with Crippen molar-refractivity contribution < 1.29 is 9.53 Å². The number of aromatic nitrogens is 1. The zero-order valence-electron chi connectivity index (χ0n) is 17.8. The van der Waals surface area contributed by atoms with Gasteiger partial charge in [0.15, 0.2) is 0 Å². The highest BCUT2D eigenvalue weighted by molar-refractivity contribution is 5.97. The first kappa shape index (κ1) is 22.0. The molecular formula is C24H32N4O2. The van der Waals surface area contributed by atoms with E-state index >= 15 is 0 Å². The summed E-state index contributed by atoms with van der Waals surface area (Å²) in [6.07, 6.45) is 6.77. The number of nitrogens with one attached hydrogen (secondary N) is 1. The Labute approximate surface area is 179 Å². The summed E-state index contributed by atoms with van der Waals surface area (Å²) in [6.45, 7) is 10.9. The molecule has 1 atom stereocenters. The van der Waals surface area contributed by atoms with Crippen molar-refractivity contribution in [2.45, 2.75) is 25.9 Å². The molecule has 1 fully saturated rings. The first-order valence-corrected chi connectivity index (χ1v) is 10.7. The van der Waals surface area contributed by atoms with Crippen molar-refractivity contribution in [3.63, 3.8) is 0 Å². The number of para-hydroxylation sites is 2. The fraction of sp³-hybridized carbons (Fsp3) is 0.417. The topological polar surface area (TPSA) is 57.7 Å². The molecule has 6 nitrogen and oxygen atoms in total. The number of rotatable bonds is 10. The molecule has 1 aliphatic rings. The lowest BCUT2D eigenvalue weighted by Gasteiger charge is -2.37. The molecule has 2 aromatic rings. The van der Waals surface area contributed by atoms with Crippen molar-refractivity contribution in [1.29, 1.82) is 0 Å². The standard InChI is InChI=1S/C24H32N4O2/c1-3-4-19-30-20(2)24(29)26-22-7-5-6-8-23(22)28-17-15-27(16-18-28)14-11-21-9-12-25-13-10-21/h3,5-10,12-13,20H,1,4,11,14-19H2,2H3,(H,26,29). The molecule has 0 spiro atoms. The van der Waals surface area contributed by atoms with Crippen LogP contribution in [-0.2, 0) is 16.0 Å². The van der Waals surface area contributed by atoms with E-state index in [0.29, 0.717) is 6.61 Å². The van der Waals surface area contributed by atoms with Gasteiger partial charge in [0, 0.05) is 45.1 Å². The van der Waals surface area contributed by atoms with Crippen molar-refractivity contribution >= 4 is 17.3 Å². The van der Waals surface area contributed by atoms with Gasteiger partial charge >= 0.3 is 0 Å². The summed E-state index contributed by atoms with van der Waals surface area (Å²) in [7, 11) is 0. The highest BCUT2D eigenvalue weighted by Crippen LogP contribution is 2.27. The summed E-state index contributed by atoms with van der Waals surface area (Å²) in [5, 5.41) is 3.04. The fourth-order valence-corrected chi connectivity index (χ4v) is 3.54. The molecule has 0 aliphatic carbocycles. The van der Waals surface area contributed by atoms with Crippen LogP contribution in [0.4, 0.5) is 11.4 Å². The van der Waals surface area contributed by atoms with Crippen LogP contribution in [0.2, 0.25) is 0 Å². The zero-order valence-corrected chi connectivity index (χ0v) is 17.8. The van der Waals surface area contributed by atoms with E-state index in [1.54, 1.807) is 13.0 Å². The van der Waals surface area contributed by atoms with Gasteiger partial charge in [0.05, 0.1) is 18.0 Å². The Morgan fingerprint density at radius 1 is 1.20 bits per heavy atom. The molecule has 0 radical (unpaired) electrons. The summed E-state index contributed by atoms with van der Waals surface area (Å²) >= 11 is 0. The molecule has 1 N–H and O–H groups in total. The predicted octanol–water partition coefficient (Wildman–Crippen LogP) is 3.37. The second kappa shape index (κ2) is 11.5. The number of amides is 1. The molecule has 160 valence electrons. The Morgan fingerprint density at radius 3 is 2.67 bits per heavy atom. The van der Waals surface area contributed by atoms with Gasteiger partial charge in [-0.1, -0.05) is 18.2 Å². The SMILES string of the molecule is C=CCCOC(C)C(=O)Nc1ccccc1N1CCN(CCc2ccncc2)CC1. The van der Waals surface area contributed by atoms with Crippen LogP contribution < -0.4 is 10.2 Å². The second-order valence-corrected chi connectivity index (χ2v) is 7.53. The van der Waals surface area contributed by atoms with Gasteiger partial charge < -0.3 is 15.0 Å². The number of benzene rings is 1. The van der Waals surface area contributed by atoms with Crippen LogP contribution >= 0.6 is 0 Å². The van der Waals surface area contributed by atoms with Crippen molar-refractivity contribution in [3.05, 3.63) is 67.0 Å². The van der Waals surface area contributed by atoms with Gasteiger partial charge in [0.1, 0.15) is 6.10 Å². The van der Waals surface area contributed by atoms with Crippen LogP contribution in [0.25, 0.3) is 0 Å². The molecule has 0 bridgehead atoms. The normalized spacial score (nSPS) is 15.6. The largest absolute Gasteiger partial charge is 0.368 e. The van der Waals surface area contributed by atoms with Crippen molar-refractivity contribution in [2.75, 3.05) is 49.5 Å². The second-order valence-electron chi connectivity index (χ2n) is 7.53. The third-order valence-electron chi connectivity index (χ3n) is 5.40. The van der Waals surface area contributed by atoms with Gasteiger partial charge in [-0.05, 0) is 49.6 Å². The molecule has 3 rings (SSSR count). The van der Waals surface area contributed by atoms with Crippen LogP contribution in [0.5, 0.6) is 0 Å². The Balaban J connectivity index is 1.52. The predicted molar refractivity (Wildman–Crippen MR) is 122 cm³/mol. The van der Waals surface area contributed by atoms with Gasteiger partial charge in [-0.2, -0.15) is 0 Å². The summed E-state index contributed by atoms with van der Waals surface area (Å²) < 4.78 is 5.57. The molecular weight excluding hydrogens is 376 g/mol. The number of ether oxygens (including phenoxy) is 1. The van der Waals surface area contributed by atoms with E-state index in [0.717, 1.165) is 56.9 Å². The lowest BCUT2D eigenvalue weighted by atomic mass is 10.1. The monoisotopic (exact) mass is 408 g/mol. The molecule has 1 saturated heterocycles. The number of hydrogen-bond acceptors (Lipinski definition) is 5. The third-order valence-corrected chi connectivity index (χ3v) is 5.40. The molecule has 1 aliphatic heterocycles. The average Bonchev–Trinajstić information content (AvgIpc) is 2.79. The van der Waals surface area contributed by atoms with E-state index in [-0.39, 0.29) is 5.91 Å². The van der Waals surface area contributed by atoms with E-state index < -0.39 is 6.10 Å². The Kier molecular flexibility index (Phi) is 8.41. The van der Waals surface area contributed by atoms with Crippen LogP contribution in [0.15, 0.2) is 61.4 Å². The van der Waals surface area contributed by atoms with E-state index in [9.17, 15) is 4.79 Å². The molecule has 1 aromatic heterocycles. The Morgan fingerprint density at radius 2 is 1.93 bits per heavy atom. The van der Waals surface area contributed by atoms with Gasteiger partial charge in [0.25, 0.3) is 5.91 Å². The maximum atomic E-state index is 12.5. The van der Waals surface area contributed by atoms with Crippen LogP contribution in [0, 0.1) is 0 Å². The fourth-order valence-electron chi connectivity index (χ4n) is 3.54. The quantitative estimate of drug-likeness (QED) is 0.483. The molecule has 1 aromatic carbocycles. The van der Waals surface area contributed by atoms with Crippen LogP contribution in [0.3, 0.4) is 0 Å². The first-order chi connectivity index (χ1) is 14.7. The molecule has 1 unspecified atom stereocenters. The number of nitrogens with zero attached hydrogens (tertiary/aromatic N) is 3. The van der Waals surface area contributed by atoms with Gasteiger partial charge in [-0.3, -0.25) is 14.7 Å². The molecule has 1 amide bonds. The van der Waals surface area contributed by atoms with E-state index in [1.165, 1.54) is 5.56 Å². The summed E-state index contributed by atoms with van der Waals surface area (Å²) in [6, 6.07) is 12.2. The Bertz CT molecular complexity index is 804. The number of carbonyl (C=O) groups excluding carboxylic acids is 1. The molecule has 6 heteroatoms. The lowest BCUT2D eigenvalue weighted by Crippen LogP contribution is -2.47. The van der Waals surface area contributed by atoms with Crippen molar-refractivity contribution in [2.24, 2.45) is 0 Å². The number of pyridine rings is 1. The zero-order chi connectivity index (χ0) is 21.2. The number of piperazine rings is 1. The van der Waals surface area contributed by atoms with Gasteiger partial charge in [0.2, 0.25) is 0 Å². The average molecular weight is 409 g/mol. The number of anilines is 2. The first-order valence-electron chi connectivity index (χ1n) is 10.7. The summed E-state index contributed by atoms with van der Waals surface area (Å²) in [5.74, 6) is -0.123.